The van der Waals surface area contributed by atoms with Crippen LogP contribution in [0, 0.1) is 0 Å². The van der Waals surface area contributed by atoms with Gasteiger partial charge in [-0.05, 0) is 28.8 Å². The van der Waals surface area contributed by atoms with E-state index in [1.165, 1.54) is 16.3 Å². The minimum absolute atomic E-state index is 0.258. The summed E-state index contributed by atoms with van der Waals surface area (Å²) in [5.41, 5.74) is 7.95. The van der Waals surface area contributed by atoms with Gasteiger partial charge in [-0.2, -0.15) is 5.10 Å². The Balaban J connectivity index is 1.83. The smallest absolute Gasteiger partial charge is 0.148 e. The number of nitrogen functional groups attached to an aromatic ring is 1. The lowest BCUT2D eigenvalue weighted by molar-refractivity contribution is 0.482. The van der Waals surface area contributed by atoms with E-state index in [9.17, 15) is 0 Å². The molecule has 4 rings (SSSR count). The number of fused-ring (bicyclic) bond motifs is 2. The second-order valence-electron chi connectivity index (χ2n) is 5.23. The van der Waals surface area contributed by atoms with Crippen LogP contribution in [0.5, 0.6) is 0 Å². The quantitative estimate of drug-likeness (QED) is 0.710. The molecule has 2 heterocycles. The molecule has 1 aromatic heterocycles. The predicted octanol–water partition coefficient (Wildman–Crippen LogP) is 3.02. The van der Waals surface area contributed by atoms with E-state index in [-0.39, 0.29) is 6.04 Å². The van der Waals surface area contributed by atoms with Gasteiger partial charge in [0.1, 0.15) is 5.82 Å². The maximum atomic E-state index is 5.95. The highest BCUT2D eigenvalue weighted by atomic mass is 15.4. The summed E-state index contributed by atoms with van der Waals surface area (Å²) in [4.78, 5) is 0. The number of nitrogens with zero attached hydrogens (tertiary/aromatic N) is 2. The number of aromatic nitrogens is 2. The fraction of sp³-hybridized carbons (Fsp3) is 0.188. The first-order valence-corrected chi connectivity index (χ1v) is 6.88. The van der Waals surface area contributed by atoms with Crippen molar-refractivity contribution in [3.05, 3.63) is 54.2 Å². The Kier molecular flexibility index (Phi) is 2.42. The van der Waals surface area contributed by atoms with Crippen molar-refractivity contribution in [2.75, 3.05) is 17.6 Å². The zero-order valence-corrected chi connectivity index (χ0v) is 11.1. The third-order valence-electron chi connectivity index (χ3n) is 3.99. The van der Waals surface area contributed by atoms with Gasteiger partial charge < -0.3 is 11.1 Å². The van der Waals surface area contributed by atoms with Crippen LogP contribution in [0.4, 0.5) is 11.5 Å². The highest BCUT2D eigenvalue weighted by molar-refractivity contribution is 5.83. The molecule has 1 atom stereocenters. The van der Waals surface area contributed by atoms with E-state index in [1.807, 2.05) is 4.68 Å². The van der Waals surface area contributed by atoms with Gasteiger partial charge in [0.05, 0.1) is 17.9 Å². The Labute approximate surface area is 117 Å². The largest absolute Gasteiger partial charge is 0.394 e. The van der Waals surface area contributed by atoms with E-state index in [1.54, 1.807) is 6.20 Å². The van der Waals surface area contributed by atoms with Crippen LogP contribution in [0.25, 0.3) is 10.8 Å². The zero-order chi connectivity index (χ0) is 13.5. The number of hydrogen-bond acceptors (Lipinski definition) is 3. The molecule has 0 radical (unpaired) electrons. The molecule has 3 N–H and O–H groups in total. The fourth-order valence-electron chi connectivity index (χ4n) is 2.97. The SMILES string of the molecule is Nc1cnn2c1NCCC2c1ccc2ccccc2c1. The van der Waals surface area contributed by atoms with Crippen molar-refractivity contribution in [3.8, 4) is 0 Å². The van der Waals surface area contributed by atoms with Crippen LogP contribution < -0.4 is 11.1 Å². The molecule has 0 saturated carbocycles. The molecule has 4 heteroatoms. The number of anilines is 2. The van der Waals surface area contributed by atoms with E-state index < -0.39 is 0 Å². The molecule has 20 heavy (non-hydrogen) atoms. The lowest BCUT2D eigenvalue weighted by atomic mass is 9.99. The summed E-state index contributed by atoms with van der Waals surface area (Å²) in [6, 6.07) is 15.3. The van der Waals surface area contributed by atoms with Crippen LogP contribution in [0.15, 0.2) is 48.7 Å². The molecule has 1 aliphatic rings. The van der Waals surface area contributed by atoms with Gasteiger partial charge >= 0.3 is 0 Å². The minimum atomic E-state index is 0.258. The third-order valence-corrected chi connectivity index (χ3v) is 3.99. The maximum absolute atomic E-state index is 5.95. The van der Waals surface area contributed by atoms with Gasteiger partial charge in [-0.25, -0.2) is 4.68 Å². The molecule has 100 valence electrons. The first-order valence-electron chi connectivity index (χ1n) is 6.88. The summed E-state index contributed by atoms with van der Waals surface area (Å²) in [7, 11) is 0. The Morgan fingerprint density at radius 1 is 1.15 bits per heavy atom. The summed E-state index contributed by atoms with van der Waals surface area (Å²) < 4.78 is 2.00. The normalized spacial score (nSPS) is 17.7. The Hall–Kier alpha value is -2.49. The molecule has 1 unspecified atom stereocenters. The Morgan fingerprint density at radius 2 is 2.00 bits per heavy atom. The van der Waals surface area contributed by atoms with E-state index in [0.717, 1.165) is 24.5 Å². The van der Waals surface area contributed by atoms with E-state index in [0.29, 0.717) is 0 Å². The van der Waals surface area contributed by atoms with Crippen molar-refractivity contribution in [2.45, 2.75) is 12.5 Å². The van der Waals surface area contributed by atoms with Gasteiger partial charge in [0.2, 0.25) is 0 Å². The number of hydrogen-bond donors (Lipinski definition) is 2. The number of benzene rings is 2. The second-order valence-corrected chi connectivity index (χ2v) is 5.23. The predicted molar refractivity (Wildman–Crippen MR) is 81.8 cm³/mol. The first kappa shape index (κ1) is 11.3. The number of nitrogens with one attached hydrogen (secondary N) is 1. The van der Waals surface area contributed by atoms with Crippen LogP contribution in [0.1, 0.15) is 18.0 Å². The van der Waals surface area contributed by atoms with Gasteiger partial charge in [0.15, 0.2) is 0 Å². The molecule has 4 nitrogen and oxygen atoms in total. The second kappa shape index (κ2) is 4.27. The Bertz CT molecular complexity index is 775. The summed E-state index contributed by atoms with van der Waals surface area (Å²) in [5, 5.41) is 10.3. The number of rotatable bonds is 1. The van der Waals surface area contributed by atoms with Crippen molar-refractivity contribution >= 4 is 22.3 Å². The maximum Gasteiger partial charge on any atom is 0.148 e. The summed E-state index contributed by atoms with van der Waals surface area (Å²) in [5.74, 6) is 0.939. The molecular weight excluding hydrogens is 248 g/mol. The monoisotopic (exact) mass is 264 g/mol. The third kappa shape index (κ3) is 1.65. The molecule has 0 aliphatic carbocycles. The van der Waals surface area contributed by atoms with Crippen LogP contribution in [-0.4, -0.2) is 16.3 Å². The summed E-state index contributed by atoms with van der Waals surface area (Å²) >= 11 is 0. The zero-order valence-electron chi connectivity index (χ0n) is 11.1. The van der Waals surface area contributed by atoms with Crippen LogP contribution >= 0.6 is 0 Å². The van der Waals surface area contributed by atoms with E-state index >= 15 is 0 Å². The molecule has 0 fully saturated rings. The van der Waals surface area contributed by atoms with Crippen molar-refractivity contribution < 1.29 is 0 Å². The van der Waals surface area contributed by atoms with Gasteiger partial charge in [-0.1, -0.05) is 36.4 Å². The fourth-order valence-corrected chi connectivity index (χ4v) is 2.97. The number of nitrogens with two attached hydrogens (primary N) is 1. The summed E-state index contributed by atoms with van der Waals surface area (Å²) in [6.45, 7) is 0.924. The van der Waals surface area contributed by atoms with Crippen LogP contribution in [0.2, 0.25) is 0 Å². The molecule has 0 bridgehead atoms. The minimum Gasteiger partial charge on any atom is -0.394 e. The van der Waals surface area contributed by atoms with Crippen molar-refractivity contribution in [2.24, 2.45) is 0 Å². The molecule has 0 amide bonds. The average Bonchev–Trinajstić information content (AvgIpc) is 2.88. The molecule has 2 aromatic carbocycles. The lowest BCUT2D eigenvalue weighted by Crippen LogP contribution is -2.24. The molecule has 0 saturated heterocycles. The van der Waals surface area contributed by atoms with Crippen LogP contribution in [0.3, 0.4) is 0 Å². The molecule has 3 aromatic rings. The van der Waals surface area contributed by atoms with Gasteiger partial charge in [-0.3, -0.25) is 0 Å². The van der Waals surface area contributed by atoms with Gasteiger partial charge in [-0.15, -0.1) is 0 Å². The first-order chi connectivity index (χ1) is 9.83. The van der Waals surface area contributed by atoms with Gasteiger partial charge in [0.25, 0.3) is 0 Å². The average molecular weight is 264 g/mol. The highest BCUT2D eigenvalue weighted by Crippen LogP contribution is 2.33. The Morgan fingerprint density at radius 3 is 2.90 bits per heavy atom. The van der Waals surface area contributed by atoms with Crippen molar-refractivity contribution in [3.63, 3.8) is 0 Å². The highest BCUT2D eigenvalue weighted by Gasteiger charge is 2.23. The molecule has 0 spiro atoms. The lowest BCUT2D eigenvalue weighted by Gasteiger charge is -2.26. The topological polar surface area (TPSA) is 55.9 Å². The van der Waals surface area contributed by atoms with Gasteiger partial charge in [0, 0.05) is 6.54 Å². The van der Waals surface area contributed by atoms with Crippen molar-refractivity contribution in [1.29, 1.82) is 0 Å². The molecule has 1 aliphatic heterocycles. The van der Waals surface area contributed by atoms with Crippen LogP contribution in [-0.2, 0) is 0 Å². The standard InChI is InChI=1S/C16H16N4/c17-14-10-19-20-15(7-8-18-16(14)20)13-6-5-11-3-1-2-4-12(11)9-13/h1-6,9-10,15,18H,7-8,17H2. The van der Waals surface area contributed by atoms with E-state index in [4.69, 9.17) is 5.73 Å². The molecular formula is C16H16N4. The van der Waals surface area contributed by atoms with Crippen molar-refractivity contribution in [1.82, 2.24) is 9.78 Å². The summed E-state index contributed by atoms with van der Waals surface area (Å²) in [6.07, 6.45) is 2.74. The van der Waals surface area contributed by atoms with E-state index in [2.05, 4.69) is 52.9 Å².